The van der Waals surface area contributed by atoms with Gasteiger partial charge in [0.05, 0.1) is 28.9 Å². The van der Waals surface area contributed by atoms with Crippen LogP contribution in [0.2, 0.25) is 0 Å². The van der Waals surface area contributed by atoms with Crippen molar-refractivity contribution in [3.05, 3.63) is 45.4 Å². The lowest BCUT2D eigenvalue weighted by Gasteiger charge is -2.14. The van der Waals surface area contributed by atoms with Gasteiger partial charge in [-0.2, -0.15) is 0 Å². The number of amides is 1. The highest BCUT2D eigenvalue weighted by Crippen LogP contribution is 2.34. The summed E-state index contributed by atoms with van der Waals surface area (Å²) in [6, 6.07) is 7.72. The van der Waals surface area contributed by atoms with Crippen LogP contribution >= 0.6 is 27.3 Å². The van der Waals surface area contributed by atoms with Crippen molar-refractivity contribution in [2.24, 2.45) is 5.92 Å². The molecule has 0 aliphatic rings. The van der Waals surface area contributed by atoms with Crippen LogP contribution in [0.25, 0.3) is 10.2 Å². The van der Waals surface area contributed by atoms with E-state index in [9.17, 15) is 4.79 Å². The van der Waals surface area contributed by atoms with Crippen molar-refractivity contribution in [1.82, 2.24) is 9.88 Å². The third kappa shape index (κ3) is 4.30. The molecule has 0 fully saturated rings. The summed E-state index contributed by atoms with van der Waals surface area (Å²) in [4.78, 5) is 12.8. The lowest BCUT2D eigenvalue weighted by molar-refractivity contribution is 0.0940. The smallest absolute Gasteiger partial charge is 0.267 e. The van der Waals surface area contributed by atoms with Crippen molar-refractivity contribution in [2.45, 2.75) is 20.4 Å². The van der Waals surface area contributed by atoms with Gasteiger partial charge >= 0.3 is 0 Å². The van der Waals surface area contributed by atoms with Gasteiger partial charge in [-0.25, -0.2) is 0 Å². The summed E-state index contributed by atoms with van der Waals surface area (Å²) >= 11 is 5.24. The zero-order chi connectivity index (χ0) is 19.6. The molecule has 3 rings (SSSR count). The Morgan fingerprint density at radius 2 is 1.85 bits per heavy atom. The van der Waals surface area contributed by atoms with Gasteiger partial charge in [0.15, 0.2) is 0 Å². The second-order valence-corrected chi connectivity index (χ2v) is 8.50. The molecule has 1 N–H and O–H groups in total. The molecule has 0 saturated heterocycles. The van der Waals surface area contributed by atoms with E-state index in [1.807, 2.05) is 34.2 Å². The van der Waals surface area contributed by atoms with Crippen LogP contribution in [0.15, 0.2) is 34.1 Å². The van der Waals surface area contributed by atoms with Gasteiger partial charge in [0.2, 0.25) is 0 Å². The molecule has 144 valence electrons. The molecule has 3 aromatic rings. The van der Waals surface area contributed by atoms with Gasteiger partial charge in [0.1, 0.15) is 17.2 Å². The number of ether oxygens (including phenoxy) is 2. The lowest BCUT2D eigenvalue weighted by atomic mass is 10.2. The highest BCUT2D eigenvalue weighted by Gasteiger charge is 2.19. The van der Waals surface area contributed by atoms with Crippen molar-refractivity contribution >= 4 is 43.4 Å². The summed E-state index contributed by atoms with van der Waals surface area (Å²) in [5.41, 5.74) is 2.68. The molecule has 0 atom stereocenters. The maximum atomic E-state index is 12.8. The number of halogens is 1. The SMILES string of the molecule is COc1cc(Cn2c(C(=O)NCC(C)C)cc3scc(Br)c32)cc(OC)c1. The Balaban J connectivity index is 2.03. The zero-order valence-electron chi connectivity index (χ0n) is 15.8. The number of methoxy groups -OCH3 is 2. The molecule has 2 aromatic heterocycles. The molecular weight excluding hydrogens is 428 g/mol. The summed E-state index contributed by atoms with van der Waals surface area (Å²) in [7, 11) is 3.26. The summed E-state index contributed by atoms with van der Waals surface area (Å²) in [6.45, 7) is 5.34. The van der Waals surface area contributed by atoms with E-state index in [1.165, 1.54) is 0 Å². The number of rotatable bonds is 7. The van der Waals surface area contributed by atoms with Gasteiger partial charge in [-0.1, -0.05) is 13.8 Å². The van der Waals surface area contributed by atoms with Crippen molar-refractivity contribution in [2.75, 3.05) is 20.8 Å². The first kappa shape index (κ1) is 19.8. The van der Waals surface area contributed by atoms with Gasteiger partial charge in [0.25, 0.3) is 5.91 Å². The molecule has 0 aliphatic carbocycles. The number of nitrogens with zero attached hydrogens (tertiary/aromatic N) is 1. The van der Waals surface area contributed by atoms with Gasteiger partial charge in [-0.3, -0.25) is 4.79 Å². The Bertz CT molecular complexity index is 939. The van der Waals surface area contributed by atoms with Crippen LogP contribution in [-0.2, 0) is 6.54 Å². The predicted molar refractivity (Wildman–Crippen MR) is 113 cm³/mol. The maximum Gasteiger partial charge on any atom is 0.267 e. The third-order valence-electron chi connectivity index (χ3n) is 4.23. The van der Waals surface area contributed by atoms with Crippen molar-refractivity contribution in [1.29, 1.82) is 0 Å². The van der Waals surface area contributed by atoms with Crippen molar-refractivity contribution in [3.8, 4) is 11.5 Å². The number of fused-ring (bicyclic) bond motifs is 1. The fourth-order valence-corrected chi connectivity index (χ4v) is 4.60. The standard InChI is InChI=1S/C20H23BrN2O3S/c1-12(2)9-22-20(24)17-8-18-19(16(21)11-27-18)23(17)10-13-5-14(25-3)7-15(6-13)26-4/h5-8,11-12H,9-10H2,1-4H3,(H,22,24). The van der Waals surface area contributed by atoms with E-state index in [0.717, 1.165) is 31.8 Å². The fourth-order valence-electron chi connectivity index (χ4n) is 2.91. The van der Waals surface area contributed by atoms with Crippen molar-refractivity contribution in [3.63, 3.8) is 0 Å². The number of aromatic nitrogens is 1. The summed E-state index contributed by atoms with van der Waals surface area (Å²) < 4.78 is 14.9. The minimum atomic E-state index is -0.0612. The number of hydrogen-bond acceptors (Lipinski definition) is 4. The monoisotopic (exact) mass is 450 g/mol. The summed E-state index contributed by atoms with van der Waals surface area (Å²) in [5, 5.41) is 5.06. The zero-order valence-corrected chi connectivity index (χ0v) is 18.2. The molecule has 1 aromatic carbocycles. The second-order valence-electron chi connectivity index (χ2n) is 6.74. The molecule has 0 spiro atoms. The second kappa shape index (κ2) is 8.35. The number of hydrogen-bond donors (Lipinski definition) is 1. The first-order valence-electron chi connectivity index (χ1n) is 8.69. The van der Waals surface area contributed by atoms with Crippen LogP contribution in [0.1, 0.15) is 29.9 Å². The highest BCUT2D eigenvalue weighted by atomic mass is 79.9. The van der Waals surface area contributed by atoms with E-state index >= 15 is 0 Å². The van der Waals surface area contributed by atoms with E-state index < -0.39 is 0 Å². The minimum absolute atomic E-state index is 0.0612. The highest BCUT2D eigenvalue weighted by molar-refractivity contribution is 9.10. The van der Waals surface area contributed by atoms with Crippen LogP contribution in [0.3, 0.4) is 0 Å². The number of benzene rings is 1. The van der Waals surface area contributed by atoms with Crippen LogP contribution in [0.4, 0.5) is 0 Å². The normalized spacial score (nSPS) is 11.2. The Morgan fingerprint density at radius 3 is 2.44 bits per heavy atom. The molecule has 0 saturated carbocycles. The first-order valence-corrected chi connectivity index (χ1v) is 10.4. The van der Waals surface area contributed by atoms with Gasteiger partial charge in [0, 0.05) is 24.5 Å². The van der Waals surface area contributed by atoms with E-state index in [4.69, 9.17) is 9.47 Å². The van der Waals surface area contributed by atoms with E-state index in [-0.39, 0.29) is 5.91 Å². The molecule has 2 heterocycles. The molecule has 7 heteroatoms. The van der Waals surface area contributed by atoms with Crippen LogP contribution < -0.4 is 14.8 Å². The largest absolute Gasteiger partial charge is 0.497 e. The minimum Gasteiger partial charge on any atom is -0.497 e. The fraction of sp³-hybridized carbons (Fsp3) is 0.350. The number of carbonyl (C=O) groups excluding carboxylic acids is 1. The molecule has 1 amide bonds. The predicted octanol–water partition coefficient (Wildman–Crippen LogP) is 4.92. The lowest BCUT2D eigenvalue weighted by Crippen LogP contribution is -2.29. The Labute approximate surface area is 171 Å². The molecule has 0 radical (unpaired) electrons. The summed E-state index contributed by atoms with van der Waals surface area (Å²) in [6.07, 6.45) is 0. The number of thiophene rings is 1. The Morgan fingerprint density at radius 1 is 1.19 bits per heavy atom. The van der Waals surface area contributed by atoms with E-state index in [2.05, 4.69) is 35.1 Å². The van der Waals surface area contributed by atoms with E-state index in [0.29, 0.717) is 24.7 Å². The van der Waals surface area contributed by atoms with Gasteiger partial charge in [-0.15, -0.1) is 11.3 Å². The van der Waals surface area contributed by atoms with Gasteiger partial charge in [-0.05, 0) is 45.6 Å². The molecule has 0 bridgehead atoms. The third-order valence-corrected chi connectivity index (χ3v) is 6.06. The Kier molecular flexibility index (Phi) is 6.11. The summed E-state index contributed by atoms with van der Waals surface area (Å²) in [5.74, 6) is 1.78. The number of carbonyl (C=O) groups is 1. The quantitative estimate of drug-likeness (QED) is 0.555. The van der Waals surface area contributed by atoms with Crippen LogP contribution in [0.5, 0.6) is 11.5 Å². The van der Waals surface area contributed by atoms with Crippen LogP contribution in [-0.4, -0.2) is 31.2 Å². The first-order chi connectivity index (χ1) is 12.9. The maximum absolute atomic E-state index is 12.8. The average Bonchev–Trinajstić information content (AvgIpc) is 3.19. The van der Waals surface area contributed by atoms with Crippen LogP contribution in [0, 0.1) is 5.92 Å². The molecular formula is C20H23BrN2O3S. The topological polar surface area (TPSA) is 52.5 Å². The molecule has 5 nitrogen and oxygen atoms in total. The number of nitrogens with one attached hydrogen (secondary N) is 1. The van der Waals surface area contributed by atoms with E-state index in [1.54, 1.807) is 25.6 Å². The van der Waals surface area contributed by atoms with Gasteiger partial charge < -0.3 is 19.4 Å². The average molecular weight is 451 g/mol. The van der Waals surface area contributed by atoms with Crippen molar-refractivity contribution < 1.29 is 14.3 Å². The molecule has 27 heavy (non-hydrogen) atoms. The molecule has 0 unspecified atom stereocenters. The molecule has 0 aliphatic heterocycles. The Hall–Kier alpha value is -1.99.